The predicted octanol–water partition coefficient (Wildman–Crippen LogP) is 1.95. The van der Waals surface area contributed by atoms with Crippen LogP contribution in [-0.4, -0.2) is 47.2 Å². The Labute approximate surface area is 164 Å². The first kappa shape index (κ1) is 20.0. The Morgan fingerprint density at radius 3 is 2.57 bits per heavy atom. The molecule has 0 atom stereocenters. The van der Waals surface area contributed by atoms with Crippen LogP contribution in [0.1, 0.15) is 25.5 Å². The zero-order valence-electron chi connectivity index (χ0n) is 16.0. The van der Waals surface area contributed by atoms with Crippen LogP contribution in [0.25, 0.3) is 11.0 Å². The van der Waals surface area contributed by atoms with E-state index in [1.807, 2.05) is 44.2 Å². The van der Waals surface area contributed by atoms with Crippen molar-refractivity contribution in [1.29, 1.82) is 0 Å². The van der Waals surface area contributed by atoms with E-state index in [4.69, 9.17) is 0 Å². The van der Waals surface area contributed by atoms with Gasteiger partial charge in [-0.25, -0.2) is 13.1 Å². The quantitative estimate of drug-likeness (QED) is 0.653. The largest absolute Gasteiger partial charge is 0.351 e. The van der Waals surface area contributed by atoms with Crippen molar-refractivity contribution in [1.82, 2.24) is 24.6 Å². The van der Waals surface area contributed by atoms with Gasteiger partial charge in [-0.05, 0) is 37.6 Å². The predicted molar refractivity (Wildman–Crippen MR) is 106 cm³/mol. The first-order valence-corrected chi connectivity index (χ1v) is 10.3. The number of fused-ring (bicyclic) bond motifs is 1. The maximum absolute atomic E-state index is 12.8. The van der Waals surface area contributed by atoms with E-state index in [0.29, 0.717) is 12.1 Å². The lowest BCUT2D eigenvalue weighted by molar-refractivity contribution is -0.121. The minimum atomic E-state index is -3.82. The number of aromatic nitrogens is 3. The van der Waals surface area contributed by atoms with E-state index >= 15 is 0 Å². The molecular weight excluding hydrogens is 378 g/mol. The van der Waals surface area contributed by atoms with Crippen LogP contribution in [0.5, 0.6) is 0 Å². The summed E-state index contributed by atoms with van der Waals surface area (Å²) in [5.74, 6) is -0.373. The van der Waals surface area contributed by atoms with Crippen LogP contribution < -0.4 is 5.32 Å². The van der Waals surface area contributed by atoms with Gasteiger partial charge in [0.15, 0.2) is 0 Å². The molecule has 0 spiro atoms. The van der Waals surface area contributed by atoms with Gasteiger partial charge < -0.3 is 5.32 Å². The van der Waals surface area contributed by atoms with E-state index in [9.17, 15) is 13.2 Å². The van der Waals surface area contributed by atoms with Gasteiger partial charge in [-0.15, -0.1) is 5.10 Å². The number of nitrogens with zero attached hydrogens (tertiary/aromatic N) is 4. The highest BCUT2D eigenvalue weighted by Crippen LogP contribution is 2.21. The maximum Gasteiger partial charge on any atom is 0.243 e. The first-order valence-electron chi connectivity index (χ1n) is 8.91. The minimum absolute atomic E-state index is 0.0779. The summed E-state index contributed by atoms with van der Waals surface area (Å²) >= 11 is 0. The molecule has 9 heteroatoms. The van der Waals surface area contributed by atoms with Crippen LogP contribution in [0.4, 0.5) is 0 Å². The number of carbonyl (C=O) groups is 1. The van der Waals surface area contributed by atoms with E-state index in [-0.39, 0.29) is 23.4 Å². The molecule has 2 aromatic carbocycles. The minimum Gasteiger partial charge on any atom is -0.351 e. The smallest absolute Gasteiger partial charge is 0.243 e. The molecule has 3 rings (SSSR count). The molecule has 1 N–H and O–H groups in total. The second-order valence-corrected chi connectivity index (χ2v) is 8.85. The maximum atomic E-state index is 12.8. The van der Waals surface area contributed by atoms with Gasteiger partial charge in [0.05, 0.1) is 17.0 Å². The number of hydrogen-bond acceptors (Lipinski definition) is 5. The van der Waals surface area contributed by atoms with Gasteiger partial charge in [-0.2, -0.15) is 4.31 Å². The zero-order chi connectivity index (χ0) is 20.3. The van der Waals surface area contributed by atoms with Gasteiger partial charge in [-0.1, -0.05) is 35.5 Å². The van der Waals surface area contributed by atoms with Crippen molar-refractivity contribution < 1.29 is 13.2 Å². The summed E-state index contributed by atoms with van der Waals surface area (Å²) in [6.07, 6.45) is 0. The van der Waals surface area contributed by atoms with E-state index in [2.05, 4.69) is 15.6 Å². The number of rotatable bonds is 7. The summed E-state index contributed by atoms with van der Waals surface area (Å²) in [6, 6.07) is 14.2. The molecular formula is C19H23N5O3S. The van der Waals surface area contributed by atoms with Gasteiger partial charge in [-0.3, -0.25) is 4.79 Å². The molecule has 1 heterocycles. The third-order valence-electron chi connectivity index (χ3n) is 4.34. The van der Waals surface area contributed by atoms with Crippen LogP contribution in [0.15, 0.2) is 53.4 Å². The average molecular weight is 401 g/mol. The summed E-state index contributed by atoms with van der Waals surface area (Å²) in [5, 5.41) is 10.8. The number of carbonyl (C=O) groups excluding carboxylic acids is 1. The molecule has 3 aromatic rings. The van der Waals surface area contributed by atoms with Gasteiger partial charge in [0.2, 0.25) is 15.9 Å². The molecule has 0 bridgehead atoms. The van der Waals surface area contributed by atoms with Gasteiger partial charge in [0, 0.05) is 19.6 Å². The SMILES string of the molecule is CC(C)n1nnc2cc(S(=O)(=O)N(C)CC(=O)NCc3ccccc3)ccc21. The summed E-state index contributed by atoms with van der Waals surface area (Å²) in [7, 11) is -2.44. The van der Waals surface area contributed by atoms with Crippen LogP contribution in [0.3, 0.4) is 0 Å². The van der Waals surface area contributed by atoms with Crippen molar-refractivity contribution in [3.63, 3.8) is 0 Å². The molecule has 0 aliphatic rings. The molecule has 1 aromatic heterocycles. The Morgan fingerprint density at radius 2 is 1.89 bits per heavy atom. The van der Waals surface area contributed by atoms with Gasteiger partial charge >= 0.3 is 0 Å². The Hall–Kier alpha value is -2.78. The van der Waals surface area contributed by atoms with Crippen molar-refractivity contribution in [2.24, 2.45) is 0 Å². The van der Waals surface area contributed by atoms with Crippen LogP contribution >= 0.6 is 0 Å². The molecule has 0 aliphatic heterocycles. The third kappa shape index (κ3) is 4.20. The molecule has 8 nitrogen and oxygen atoms in total. The Bertz CT molecular complexity index is 1080. The summed E-state index contributed by atoms with van der Waals surface area (Å²) in [4.78, 5) is 12.2. The molecule has 148 valence electrons. The average Bonchev–Trinajstić information content (AvgIpc) is 3.10. The number of sulfonamides is 1. The first-order chi connectivity index (χ1) is 13.3. The highest BCUT2D eigenvalue weighted by atomic mass is 32.2. The van der Waals surface area contributed by atoms with Gasteiger partial charge in [0.1, 0.15) is 5.52 Å². The Morgan fingerprint density at radius 1 is 1.18 bits per heavy atom. The fourth-order valence-electron chi connectivity index (χ4n) is 2.78. The van der Waals surface area contributed by atoms with Crippen molar-refractivity contribution in [2.75, 3.05) is 13.6 Å². The van der Waals surface area contributed by atoms with Crippen molar-refractivity contribution in [2.45, 2.75) is 31.3 Å². The number of amides is 1. The summed E-state index contributed by atoms with van der Waals surface area (Å²) < 4.78 is 28.4. The second kappa shape index (κ2) is 8.07. The highest BCUT2D eigenvalue weighted by molar-refractivity contribution is 7.89. The second-order valence-electron chi connectivity index (χ2n) is 6.80. The molecule has 0 fully saturated rings. The zero-order valence-corrected chi connectivity index (χ0v) is 16.8. The molecule has 0 radical (unpaired) electrons. The van der Waals surface area contributed by atoms with E-state index in [0.717, 1.165) is 15.4 Å². The van der Waals surface area contributed by atoms with Crippen LogP contribution in [0, 0.1) is 0 Å². The van der Waals surface area contributed by atoms with E-state index < -0.39 is 10.0 Å². The van der Waals surface area contributed by atoms with Crippen LogP contribution in [-0.2, 0) is 21.4 Å². The topological polar surface area (TPSA) is 97.2 Å². The lowest BCUT2D eigenvalue weighted by Crippen LogP contribution is -2.38. The molecule has 28 heavy (non-hydrogen) atoms. The highest BCUT2D eigenvalue weighted by Gasteiger charge is 2.24. The monoisotopic (exact) mass is 401 g/mol. The standard InChI is InChI=1S/C19H23N5O3S/c1-14(2)24-18-10-9-16(11-17(18)21-22-24)28(26,27)23(3)13-19(25)20-12-15-7-5-4-6-8-15/h4-11,14H,12-13H2,1-3H3,(H,20,25). The fraction of sp³-hybridized carbons (Fsp3) is 0.316. The lowest BCUT2D eigenvalue weighted by atomic mass is 10.2. The number of nitrogens with one attached hydrogen (secondary N) is 1. The lowest BCUT2D eigenvalue weighted by Gasteiger charge is -2.17. The normalized spacial score (nSPS) is 12.0. The Kier molecular flexibility index (Phi) is 5.76. The van der Waals surface area contributed by atoms with Gasteiger partial charge in [0.25, 0.3) is 0 Å². The summed E-state index contributed by atoms with van der Waals surface area (Å²) in [5.41, 5.74) is 2.20. The summed E-state index contributed by atoms with van der Waals surface area (Å²) in [6.45, 7) is 4.02. The van der Waals surface area contributed by atoms with Crippen molar-refractivity contribution >= 4 is 27.0 Å². The van der Waals surface area contributed by atoms with Crippen LogP contribution in [0.2, 0.25) is 0 Å². The number of benzene rings is 2. The van der Waals surface area contributed by atoms with E-state index in [1.165, 1.54) is 19.2 Å². The van der Waals surface area contributed by atoms with Crippen molar-refractivity contribution in [3.05, 3.63) is 54.1 Å². The fourth-order valence-corrected chi connectivity index (χ4v) is 3.93. The molecule has 0 saturated heterocycles. The number of hydrogen-bond donors (Lipinski definition) is 1. The molecule has 0 unspecified atom stereocenters. The third-order valence-corrected chi connectivity index (χ3v) is 6.14. The molecule has 0 aliphatic carbocycles. The Balaban J connectivity index is 1.71. The molecule has 1 amide bonds. The van der Waals surface area contributed by atoms with E-state index in [1.54, 1.807) is 10.7 Å². The molecule has 0 saturated carbocycles. The number of likely N-dealkylation sites (N-methyl/N-ethyl adjacent to an activating group) is 1. The van der Waals surface area contributed by atoms with Crippen molar-refractivity contribution in [3.8, 4) is 0 Å².